The van der Waals surface area contributed by atoms with Crippen molar-refractivity contribution < 1.29 is 4.79 Å². The van der Waals surface area contributed by atoms with Crippen LogP contribution in [0.1, 0.15) is 29.6 Å². The molecule has 18 heavy (non-hydrogen) atoms. The number of benzene rings is 1. The van der Waals surface area contributed by atoms with Gasteiger partial charge >= 0.3 is 0 Å². The fourth-order valence-corrected chi connectivity index (χ4v) is 2.26. The molecule has 1 unspecified atom stereocenters. The first-order valence-electron chi connectivity index (χ1n) is 6.69. The fourth-order valence-electron chi connectivity index (χ4n) is 2.26. The Bertz CT molecular complexity index is 436. The third-order valence-electron chi connectivity index (χ3n) is 3.47. The second kappa shape index (κ2) is 4.98. The van der Waals surface area contributed by atoms with Gasteiger partial charge in [-0.25, -0.2) is 0 Å². The molecule has 2 aliphatic rings. The standard InChI is InChI=1S/C14H19N3O/c18-14(17-11-4-5-11)10-2-1-3-12(8-10)16-13-6-7-15-9-13/h1-3,8,11,13,15-16H,4-7,9H2,(H,17,18). The second-order valence-corrected chi connectivity index (χ2v) is 5.16. The maximum Gasteiger partial charge on any atom is 0.251 e. The van der Waals surface area contributed by atoms with Gasteiger partial charge in [-0.15, -0.1) is 0 Å². The summed E-state index contributed by atoms with van der Waals surface area (Å²) in [7, 11) is 0. The van der Waals surface area contributed by atoms with Crippen molar-refractivity contribution in [3.05, 3.63) is 29.8 Å². The summed E-state index contributed by atoms with van der Waals surface area (Å²) >= 11 is 0. The summed E-state index contributed by atoms with van der Waals surface area (Å²) in [6.07, 6.45) is 3.38. The van der Waals surface area contributed by atoms with Crippen molar-refractivity contribution in [2.24, 2.45) is 0 Å². The summed E-state index contributed by atoms with van der Waals surface area (Å²) in [6, 6.07) is 8.66. The van der Waals surface area contributed by atoms with Gasteiger partial charge in [0.1, 0.15) is 0 Å². The molecule has 96 valence electrons. The molecule has 4 heteroatoms. The third kappa shape index (κ3) is 2.82. The van der Waals surface area contributed by atoms with E-state index in [9.17, 15) is 4.79 Å². The van der Waals surface area contributed by atoms with E-state index in [1.165, 1.54) is 0 Å². The zero-order chi connectivity index (χ0) is 12.4. The minimum absolute atomic E-state index is 0.0469. The molecule has 0 aromatic heterocycles. The van der Waals surface area contributed by atoms with Crippen LogP contribution in [0.4, 0.5) is 5.69 Å². The van der Waals surface area contributed by atoms with Crippen LogP contribution >= 0.6 is 0 Å². The summed E-state index contributed by atoms with van der Waals surface area (Å²) in [5.74, 6) is 0.0469. The number of hydrogen-bond acceptors (Lipinski definition) is 3. The average Bonchev–Trinajstić information content (AvgIpc) is 3.04. The number of amides is 1. The molecule has 1 atom stereocenters. The Morgan fingerprint density at radius 1 is 1.22 bits per heavy atom. The highest BCUT2D eigenvalue weighted by molar-refractivity contribution is 5.95. The van der Waals surface area contributed by atoms with Crippen LogP contribution in [0, 0.1) is 0 Å². The lowest BCUT2D eigenvalue weighted by Gasteiger charge is -2.13. The van der Waals surface area contributed by atoms with E-state index in [1.807, 2.05) is 24.3 Å². The number of carbonyl (C=O) groups excluding carboxylic acids is 1. The lowest BCUT2D eigenvalue weighted by molar-refractivity contribution is 0.0951. The van der Waals surface area contributed by atoms with Crippen LogP contribution in [0.15, 0.2) is 24.3 Å². The van der Waals surface area contributed by atoms with Gasteiger partial charge in [0, 0.05) is 29.9 Å². The first kappa shape index (κ1) is 11.5. The predicted molar refractivity (Wildman–Crippen MR) is 71.8 cm³/mol. The molecule has 0 spiro atoms. The molecule has 1 aliphatic heterocycles. The number of carbonyl (C=O) groups is 1. The minimum atomic E-state index is 0.0469. The smallest absolute Gasteiger partial charge is 0.251 e. The van der Waals surface area contributed by atoms with Gasteiger partial charge < -0.3 is 16.0 Å². The fraction of sp³-hybridized carbons (Fsp3) is 0.500. The maximum atomic E-state index is 11.9. The zero-order valence-electron chi connectivity index (χ0n) is 10.4. The molecule has 1 aromatic rings. The maximum absolute atomic E-state index is 11.9. The monoisotopic (exact) mass is 245 g/mol. The molecule has 1 saturated heterocycles. The van der Waals surface area contributed by atoms with Crippen molar-refractivity contribution in [3.63, 3.8) is 0 Å². The van der Waals surface area contributed by atoms with E-state index in [4.69, 9.17) is 0 Å². The Morgan fingerprint density at radius 2 is 2.11 bits per heavy atom. The van der Waals surface area contributed by atoms with Gasteiger partial charge in [-0.2, -0.15) is 0 Å². The van der Waals surface area contributed by atoms with Gasteiger partial charge in [0.25, 0.3) is 5.91 Å². The van der Waals surface area contributed by atoms with Crippen LogP contribution in [0.3, 0.4) is 0 Å². The Morgan fingerprint density at radius 3 is 2.83 bits per heavy atom. The van der Waals surface area contributed by atoms with Crippen molar-refractivity contribution in [1.29, 1.82) is 0 Å². The number of anilines is 1. The van der Waals surface area contributed by atoms with Crippen molar-refractivity contribution >= 4 is 11.6 Å². The normalized spacial score (nSPS) is 22.8. The minimum Gasteiger partial charge on any atom is -0.381 e. The molecule has 3 N–H and O–H groups in total. The highest BCUT2D eigenvalue weighted by Gasteiger charge is 2.23. The Balaban J connectivity index is 1.65. The quantitative estimate of drug-likeness (QED) is 0.750. The average molecular weight is 245 g/mol. The predicted octanol–water partition coefficient (Wildman–Crippen LogP) is 1.35. The molecular weight excluding hydrogens is 226 g/mol. The molecule has 1 aromatic carbocycles. The van der Waals surface area contributed by atoms with Gasteiger partial charge in [0.15, 0.2) is 0 Å². The third-order valence-corrected chi connectivity index (χ3v) is 3.47. The van der Waals surface area contributed by atoms with Crippen LogP contribution in [0.5, 0.6) is 0 Å². The van der Waals surface area contributed by atoms with Crippen LogP contribution in [-0.2, 0) is 0 Å². The van der Waals surface area contributed by atoms with E-state index in [2.05, 4.69) is 16.0 Å². The molecule has 1 amide bonds. The Kier molecular flexibility index (Phi) is 3.19. The molecule has 4 nitrogen and oxygen atoms in total. The highest BCUT2D eigenvalue weighted by Crippen LogP contribution is 2.20. The summed E-state index contributed by atoms with van der Waals surface area (Å²) in [5, 5.41) is 9.80. The Hall–Kier alpha value is -1.55. The SMILES string of the molecule is O=C(NC1CC1)c1cccc(NC2CCNC2)c1. The van der Waals surface area contributed by atoms with Crippen LogP contribution < -0.4 is 16.0 Å². The molecule has 1 aliphatic carbocycles. The molecule has 0 radical (unpaired) electrons. The summed E-state index contributed by atoms with van der Waals surface area (Å²) < 4.78 is 0. The van der Waals surface area contributed by atoms with E-state index >= 15 is 0 Å². The van der Waals surface area contributed by atoms with Crippen LogP contribution in [0.25, 0.3) is 0 Å². The Labute approximate surface area is 107 Å². The number of nitrogens with one attached hydrogen (secondary N) is 3. The van der Waals surface area contributed by atoms with Gasteiger partial charge in [0.2, 0.25) is 0 Å². The number of rotatable bonds is 4. The van der Waals surface area contributed by atoms with E-state index in [0.717, 1.165) is 43.6 Å². The van der Waals surface area contributed by atoms with Crippen LogP contribution in [-0.4, -0.2) is 31.1 Å². The molecule has 1 saturated carbocycles. The highest BCUT2D eigenvalue weighted by atomic mass is 16.1. The lowest BCUT2D eigenvalue weighted by atomic mass is 10.1. The van der Waals surface area contributed by atoms with Gasteiger partial charge in [-0.05, 0) is 44.0 Å². The first-order chi connectivity index (χ1) is 8.81. The van der Waals surface area contributed by atoms with Crippen LogP contribution in [0.2, 0.25) is 0 Å². The number of hydrogen-bond donors (Lipinski definition) is 3. The molecule has 2 fully saturated rings. The van der Waals surface area contributed by atoms with Gasteiger partial charge in [0.05, 0.1) is 0 Å². The summed E-state index contributed by atoms with van der Waals surface area (Å²) in [4.78, 5) is 11.9. The van der Waals surface area contributed by atoms with E-state index in [-0.39, 0.29) is 5.91 Å². The van der Waals surface area contributed by atoms with Crippen molar-refractivity contribution in [2.75, 3.05) is 18.4 Å². The van der Waals surface area contributed by atoms with Crippen molar-refractivity contribution in [3.8, 4) is 0 Å². The zero-order valence-corrected chi connectivity index (χ0v) is 10.4. The summed E-state index contributed by atoms with van der Waals surface area (Å²) in [5.41, 5.74) is 1.78. The molecule has 1 heterocycles. The van der Waals surface area contributed by atoms with Gasteiger partial charge in [-0.3, -0.25) is 4.79 Å². The molecule has 3 rings (SSSR count). The molecule has 0 bridgehead atoms. The van der Waals surface area contributed by atoms with Crippen molar-refractivity contribution in [1.82, 2.24) is 10.6 Å². The first-order valence-corrected chi connectivity index (χ1v) is 6.69. The van der Waals surface area contributed by atoms with E-state index < -0.39 is 0 Å². The largest absolute Gasteiger partial charge is 0.381 e. The lowest BCUT2D eigenvalue weighted by Crippen LogP contribution is -2.26. The summed E-state index contributed by atoms with van der Waals surface area (Å²) in [6.45, 7) is 2.07. The second-order valence-electron chi connectivity index (χ2n) is 5.16. The topological polar surface area (TPSA) is 53.2 Å². The van der Waals surface area contributed by atoms with Crippen molar-refractivity contribution in [2.45, 2.75) is 31.3 Å². The van der Waals surface area contributed by atoms with E-state index in [0.29, 0.717) is 12.1 Å². The molecular formula is C14H19N3O. The van der Waals surface area contributed by atoms with E-state index in [1.54, 1.807) is 0 Å². The van der Waals surface area contributed by atoms with Gasteiger partial charge in [-0.1, -0.05) is 6.07 Å².